The van der Waals surface area contributed by atoms with Crippen molar-refractivity contribution >= 4 is 56.9 Å². The van der Waals surface area contributed by atoms with Crippen LogP contribution in [0, 0.1) is 0 Å². The number of ether oxygens (including phenoxy) is 1. The molecule has 0 atom stereocenters. The zero-order valence-electron chi connectivity index (χ0n) is 16.9. The van der Waals surface area contributed by atoms with Gasteiger partial charge in [-0.15, -0.1) is 0 Å². The molecule has 7 heteroatoms. The first kappa shape index (κ1) is 21.9. The average molecular weight is 511 g/mol. The fourth-order valence-corrected chi connectivity index (χ4v) is 4.21. The van der Waals surface area contributed by atoms with E-state index < -0.39 is 5.97 Å². The lowest BCUT2D eigenvalue weighted by molar-refractivity contribution is -0.113. The second kappa shape index (κ2) is 9.02. The Labute approximate surface area is 198 Å². The Hall–Kier alpha value is -3.35. The van der Waals surface area contributed by atoms with Crippen molar-refractivity contribution in [1.82, 2.24) is 0 Å². The lowest BCUT2D eigenvalue weighted by Gasteiger charge is -2.22. The third-order valence-electron chi connectivity index (χ3n) is 4.98. The Balaban J connectivity index is 1.85. The smallest absolute Gasteiger partial charge is 0.335 e. The van der Waals surface area contributed by atoms with Crippen molar-refractivity contribution < 1.29 is 19.4 Å². The van der Waals surface area contributed by atoms with E-state index in [0.717, 1.165) is 15.6 Å². The molecule has 0 saturated carbocycles. The SMILES string of the molecule is COc1ccc(C=C2C=C(c3ccccc3)N(c3cc(C(=O)O)ccc3Cl)C2=O)cc1Br. The number of carboxylic acids is 1. The van der Waals surface area contributed by atoms with E-state index in [9.17, 15) is 14.7 Å². The summed E-state index contributed by atoms with van der Waals surface area (Å²) in [5.41, 5.74) is 3.01. The van der Waals surface area contributed by atoms with Crippen molar-refractivity contribution in [3.63, 3.8) is 0 Å². The van der Waals surface area contributed by atoms with Gasteiger partial charge in [-0.05, 0) is 69.5 Å². The highest BCUT2D eigenvalue weighted by molar-refractivity contribution is 9.10. The van der Waals surface area contributed by atoms with Crippen LogP contribution in [0.1, 0.15) is 21.5 Å². The van der Waals surface area contributed by atoms with Gasteiger partial charge in [-0.1, -0.05) is 48.0 Å². The van der Waals surface area contributed by atoms with E-state index in [0.29, 0.717) is 22.7 Å². The van der Waals surface area contributed by atoms with Gasteiger partial charge in [0, 0.05) is 5.57 Å². The Morgan fingerprint density at radius 2 is 1.84 bits per heavy atom. The number of carbonyl (C=O) groups excluding carboxylic acids is 1. The van der Waals surface area contributed by atoms with Gasteiger partial charge < -0.3 is 9.84 Å². The predicted molar refractivity (Wildman–Crippen MR) is 129 cm³/mol. The number of benzene rings is 3. The molecule has 0 unspecified atom stereocenters. The van der Waals surface area contributed by atoms with Crippen molar-refractivity contribution in [2.24, 2.45) is 0 Å². The molecule has 0 saturated heterocycles. The Morgan fingerprint density at radius 1 is 1.09 bits per heavy atom. The number of carboxylic acid groups (broad SMARTS) is 1. The Morgan fingerprint density at radius 3 is 2.50 bits per heavy atom. The van der Waals surface area contributed by atoms with Crippen LogP contribution in [0.5, 0.6) is 5.75 Å². The van der Waals surface area contributed by atoms with Crippen LogP contribution in [0.25, 0.3) is 11.8 Å². The molecule has 160 valence electrons. The molecule has 1 aliphatic rings. The van der Waals surface area contributed by atoms with Crippen LogP contribution in [0.2, 0.25) is 5.02 Å². The zero-order valence-corrected chi connectivity index (χ0v) is 19.2. The number of hydrogen-bond acceptors (Lipinski definition) is 3. The highest BCUT2D eigenvalue weighted by Crippen LogP contribution is 2.39. The van der Waals surface area contributed by atoms with Gasteiger partial charge in [0.25, 0.3) is 5.91 Å². The molecular weight excluding hydrogens is 494 g/mol. The van der Waals surface area contributed by atoms with Crippen LogP contribution in [-0.2, 0) is 4.79 Å². The summed E-state index contributed by atoms with van der Waals surface area (Å²) in [7, 11) is 1.58. The van der Waals surface area contributed by atoms with Gasteiger partial charge in [-0.3, -0.25) is 9.69 Å². The monoisotopic (exact) mass is 509 g/mol. The minimum atomic E-state index is -1.10. The van der Waals surface area contributed by atoms with Gasteiger partial charge in [0.1, 0.15) is 5.75 Å². The molecular formula is C25H17BrClNO4. The lowest BCUT2D eigenvalue weighted by Crippen LogP contribution is -2.25. The minimum Gasteiger partial charge on any atom is -0.496 e. The van der Waals surface area contributed by atoms with Crippen LogP contribution in [0.3, 0.4) is 0 Å². The molecule has 0 aliphatic carbocycles. The highest BCUT2D eigenvalue weighted by atomic mass is 79.9. The van der Waals surface area contributed by atoms with Crippen LogP contribution in [0.4, 0.5) is 5.69 Å². The number of amides is 1. The first-order valence-corrected chi connectivity index (χ1v) is 10.8. The molecule has 4 rings (SSSR count). The Bertz CT molecular complexity index is 1280. The van der Waals surface area contributed by atoms with E-state index in [1.807, 2.05) is 48.5 Å². The van der Waals surface area contributed by atoms with E-state index in [-0.39, 0.29) is 16.5 Å². The second-order valence-electron chi connectivity index (χ2n) is 7.00. The van der Waals surface area contributed by atoms with Crippen molar-refractivity contribution in [2.45, 2.75) is 0 Å². The number of halogens is 2. The molecule has 0 fully saturated rings. The second-order valence-corrected chi connectivity index (χ2v) is 8.26. The molecule has 3 aromatic rings. The predicted octanol–water partition coefficient (Wildman–Crippen LogP) is 6.28. The molecule has 3 aromatic carbocycles. The number of methoxy groups -OCH3 is 1. The van der Waals surface area contributed by atoms with Gasteiger partial charge in [0.15, 0.2) is 0 Å². The summed E-state index contributed by atoms with van der Waals surface area (Å²) >= 11 is 9.87. The van der Waals surface area contributed by atoms with Crippen molar-refractivity contribution in [1.29, 1.82) is 0 Å². The van der Waals surface area contributed by atoms with E-state index in [2.05, 4.69) is 15.9 Å². The Kier molecular flexibility index (Phi) is 6.17. The largest absolute Gasteiger partial charge is 0.496 e. The standard InChI is InChI=1S/C25H17BrClNO4/c1-32-23-10-7-15(12-19(23)26)11-18-14-21(16-5-3-2-4-6-16)28(24(18)29)22-13-17(25(30)31)8-9-20(22)27/h2-14H,1H3,(H,30,31). The van der Waals surface area contributed by atoms with Crippen LogP contribution >= 0.6 is 27.5 Å². The van der Waals surface area contributed by atoms with E-state index in [4.69, 9.17) is 16.3 Å². The van der Waals surface area contributed by atoms with E-state index >= 15 is 0 Å². The molecule has 0 spiro atoms. The van der Waals surface area contributed by atoms with Crippen molar-refractivity contribution in [3.05, 3.63) is 105 Å². The first-order chi connectivity index (χ1) is 15.4. The van der Waals surface area contributed by atoms with Crippen LogP contribution in [0.15, 0.2) is 82.9 Å². The topological polar surface area (TPSA) is 66.8 Å². The maximum atomic E-state index is 13.5. The summed E-state index contributed by atoms with van der Waals surface area (Å²) in [5, 5.41) is 9.70. The third kappa shape index (κ3) is 4.20. The normalized spacial score (nSPS) is 14.6. The molecule has 32 heavy (non-hydrogen) atoms. The van der Waals surface area contributed by atoms with Gasteiger partial charge in [0.05, 0.1) is 33.6 Å². The fraction of sp³-hybridized carbons (Fsp3) is 0.0400. The molecule has 1 aliphatic heterocycles. The number of aromatic carboxylic acids is 1. The summed E-state index contributed by atoms with van der Waals surface area (Å²) in [4.78, 5) is 26.5. The molecule has 1 amide bonds. The maximum absolute atomic E-state index is 13.5. The zero-order chi connectivity index (χ0) is 22.8. The maximum Gasteiger partial charge on any atom is 0.335 e. The van der Waals surface area contributed by atoms with Gasteiger partial charge in [-0.2, -0.15) is 0 Å². The fourth-order valence-electron chi connectivity index (χ4n) is 3.45. The van der Waals surface area contributed by atoms with Gasteiger partial charge in [-0.25, -0.2) is 4.79 Å². The summed E-state index contributed by atoms with van der Waals surface area (Å²) in [6.45, 7) is 0. The number of carbonyl (C=O) groups is 2. The quantitative estimate of drug-likeness (QED) is 0.410. The van der Waals surface area contributed by atoms with Gasteiger partial charge >= 0.3 is 5.97 Å². The summed E-state index contributed by atoms with van der Waals surface area (Å²) in [5.74, 6) is -0.719. The molecule has 1 N–H and O–H groups in total. The van der Waals surface area contributed by atoms with Crippen molar-refractivity contribution in [2.75, 3.05) is 12.0 Å². The molecule has 0 aromatic heterocycles. The third-order valence-corrected chi connectivity index (χ3v) is 5.92. The molecule has 1 heterocycles. The van der Waals surface area contributed by atoms with Crippen LogP contribution in [-0.4, -0.2) is 24.1 Å². The van der Waals surface area contributed by atoms with Crippen LogP contribution < -0.4 is 9.64 Å². The van der Waals surface area contributed by atoms with E-state index in [1.54, 1.807) is 19.3 Å². The summed E-state index contributed by atoms with van der Waals surface area (Å²) in [6.07, 6.45) is 3.55. The molecule has 0 bridgehead atoms. The molecule has 5 nitrogen and oxygen atoms in total. The molecule has 0 radical (unpaired) electrons. The number of hydrogen-bond donors (Lipinski definition) is 1. The summed E-state index contributed by atoms with van der Waals surface area (Å²) < 4.78 is 6.03. The number of anilines is 1. The average Bonchev–Trinajstić information content (AvgIpc) is 3.10. The van der Waals surface area contributed by atoms with Gasteiger partial charge in [0.2, 0.25) is 0 Å². The summed E-state index contributed by atoms with van der Waals surface area (Å²) in [6, 6.07) is 19.2. The number of rotatable bonds is 5. The minimum absolute atomic E-state index is 0.0427. The number of nitrogens with zero attached hydrogens (tertiary/aromatic N) is 1. The van der Waals surface area contributed by atoms with E-state index in [1.165, 1.54) is 23.1 Å². The first-order valence-electron chi connectivity index (χ1n) is 9.58. The highest BCUT2D eigenvalue weighted by Gasteiger charge is 2.32. The van der Waals surface area contributed by atoms with Crippen molar-refractivity contribution in [3.8, 4) is 5.75 Å². The lowest BCUT2D eigenvalue weighted by atomic mass is 10.1.